The zero-order valence-corrected chi connectivity index (χ0v) is 11.9. The molecule has 0 aliphatic rings. The predicted molar refractivity (Wildman–Crippen MR) is 77.4 cm³/mol. The van der Waals surface area contributed by atoms with Gasteiger partial charge in [-0.3, -0.25) is 0 Å². The minimum Gasteiger partial charge on any atom is -0.469 e. The first kappa shape index (κ1) is 14.8. The van der Waals surface area contributed by atoms with Crippen molar-refractivity contribution >= 4 is 10.0 Å². The summed E-state index contributed by atoms with van der Waals surface area (Å²) in [5.74, 6) is 0.719. The van der Waals surface area contributed by atoms with Crippen molar-refractivity contribution in [1.82, 2.24) is 4.72 Å². The van der Waals surface area contributed by atoms with Gasteiger partial charge in [0.15, 0.2) is 0 Å². The fraction of sp³-hybridized carbons (Fsp3) is 0.286. The Bertz CT molecular complexity index is 636. The van der Waals surface area contributed by atoms with E-state index in [0.29, 0.717) is 19.5 Å². The zero-order chi connectivity index (χ0) is 14.4. The summed E-state index contributed by atoms with van der Waals surface area (Å²) >= 11 is 0. The highest BCUT2D eigenvalue weighted by Gasteiger charge is 2.11. The molecule has 0 saturated carbocycles. The monoisotopic (exact) mass is 294 g/mol. The minimum absolute atomic E-state index is 0.0427. The van der Waals surface area contributed by atoms with Crippen molar-refractivity contribution in [3.63, 3.8) is 0 Å². The topological polar surface area (TPSA) is 85.3 Å². The molecule has 0 unspecified atom stereocenters. The molecule has 0 atom stereocenters. The maximum atomic E-state index is 12.0. The Hall–Kier alpha value is -1.63. The normalized spacial score (nSPS) is 11.7. The largest absolute Gasteiger partial charge is 0.469 e. The van der Waals surface area contributed by atoms with Crippen molar-refractivity contribution in [2.75, 3.05) is 6.54 Å². The van der Waals surface area contributed by atoms with Crippen LogP contribution in [0.2, 0.25) is 0 Å². The fourth-order valence-electron chi connectivity index (χ4n) is 1.90. The van der Waals surface area contributed by atoms with Gasteiger partial charge in [0, 0.05) is 19.5 Å². The number of hydrogen-bond donors (Lipinski definition) is 2. The van der Waals surface area contributed by atoms with E-state index >= 15 is 0 Å². The van der Waals surface area contributed by atoms with Crippen molar-refractivity contribution in [3.8, 4) is 0 Å². The van der Waals surface area contributed by atoms with Crippen molar-refractivity contribution in [1.29, 1.82) is 0 Å². The van der Waals surface area contributed by atoms with Crippen LogP contribution in [0.25, 0.3) is 0 Å². The van der Waals surface area contributed by atoms with Gasteiger partial charge in [-0.25, -0.2) is 13.1 Å². The molecule has 0 radical (unpaired) electrons. The second-order valence-electron chi connectivity index (χ2n) is 4.51. The van der Waals surface area contributed by atoms with Gasteiger partial charge >= 0.3 is 0 Å². The van der Waals surface area contributed by atoms with Crippen LogP contribution in [0, 0.1) is 0 Å². The molecule has 20 heavy (non-hydrogen) atoms. The first-order valence-electron chi connectivity index (χ1n) is 6.37. The van der Waals surface area contributed by atoms with E-state index in [-0.39, 0.29) is 5.75 Å². The molecule has 2 aromatic rings. The maximum absolute atomic E-state index is 12.0. The number of benzene rings is 1. The molecule has 0 aliphatic heterocycles. The molecule has 5 nitrogen and oxygen atoms in total. The Labute approximate surface area is 118 Å². The third-order valence-electron chi connectivity index (χ3n) is 2.86. The van der Waals surface area contributed by atoms with Gasteiger partial charge < -0.3 is 10.2 Å². The first-order chi connectivity index (χ1) is 9.59. The summed E-state index contributed by atoms with van der Waals surface area (Å²) < 4.78 is 31.6. The van der Waals surface area contributed by atoms with Crippen LogP contribution in [-0.2, 0) is 28.7 Å². The summed E-state index contributed by atoms with van der Waals surface area (Å²) in [6.45, 7) is 0.728. The van der Waals surface area contributed by atoms with E-state index < -0.39 is 10.0 Å². The lowest BCUT2D eigenvalue weighted by molar-refractivity contribution is 0.506. The van der Waals surface area contributed by atoms with Crippen LogP contribution >= 0.6 is 0 Å². The Balaban J connectivity index is 1.89. The van der Waals surface area contributed by atoms with Gasteiger partial charge in [0.1, 0.15) is 5.76 Å². The van der Waals surface area contributed by atoms with E-state index in [1.165, 1.54) is 0 Å². The molecule has 1 heterocycles. The number of rotatable bonds is 7. The summed E-state index contributed by atoms with van der Waals surface area (Å²) in [7, 11) is -3.35. The highest BCUT2D eigenvalue weighted by Crippen LogP contribution is 2.08. The van der Waals surface area contributed by atoms with E-state index in [0.717, 1.165) is 16.9 Å². The molecule has 1 aromatic carbocycles. The average Bonchev–Trinajstić information content (AvgIpc) is 2.91. The molecule has 108 valence electrons. The van der Waals surface area contributed by atoms with E-state index in [9.17, 15) is 8.42 Å². The van der Waals surface area contributed by atoms with E-state index in [4.69, 9.17) is 10.2 Å². The van der Waals surface area contributed by atoms with Crippen molar-refractivity contribution in [2.45, 2.75) is 18.7 Å². The van der Waals surface area contributed by atoms with Crippen molar-refractivity contribution in [2.24, 2.45) is 5.73 Å². The highest BCUT2D eigenvalue weighted by atomic mass is 32.2. The van der Waals surface area contributed by atoms with Crippen LogP contribution in [0.1, 0.15) is 16.9 Å². The average molecular weight is 294 g/mol. The second kappa shape index (κ2) is 6.69. The SMILES string of the molecule is NCc1cccc(CS(=O)(=O)NCCc2ccco2)c1. The van der Waals surface area contributed by atoms with Crippen LogP contribution < -0.4 is 10.5 Å². The third-order valence-corrected chi connectivity index (χ3v) is 4.21. The van der Waals surface area contributed by atoms with Gasteiger partial charge in [0.25, 0.3) is 0 Å². The number of nitrogens with two attached hydrogens (primary N) is 1. The highest BCUT2D eigenvalue weighted by molar-refractivity contribution is 7.88. The Morgan fingerprint density at radius 3 is 2.65 bits per heavy atom. The molecule has 0 bridgehead atoms. The van der Waals surface area contributed by atoms with Gasteiger partial charge in [0.2, 0.25) is 10.0 Å². The second-order valence-corrected chi connectivity index (χ2v) is 6.31. The summed E-state index contributed by atoms with van der Waals surface area (Å²) in [4.78, 5) is 0. The van der Waals surface area contributed by atoms with E-state index in [1.54, 1.807) is 18.4 Å². The van der Waals surface area contributed by atoms with Gasteiger partial charge in [0.05, 0.1) is 12.0 Å². The van der Waals surface area contributed by atoms with Crippen LogP contribution in [0.15, 0.2) is 47.1 Å². The minimum atomic E-state index is -3.35. The quantitative estimate of drug-likeness (QED) is 0.808. The number of sulfonamides is 1. The molecule has 0 saturated heterocycles. The molecule has 2 rings (SSSR count). The molecule has 3 N–H and O–H groups in total. The smallest absolute Gasteiger partial charge is 0.215 e. The molecule has 1 aromatic heterocycles. The number of furan rings is 1. The van der Waals surface area contributed by atoms with Crippen LogP contribution in [0.5, 0.6) is 0 Å². The van der Waals surface area contributed by atoms with Gasteiger partial charge in [-0.15, -0.1) is 0 Å². The molecule has 0 aliphatic carbocycles. The Morgan fingerprint density at radius 2 is 1.95 bits per heavy atom. The zero-order valence-electron chi connectivity index (χ0n) is 11.1. The Kier molecular flexibility index (Phi) is 4.94. The number of hydrogen-bond acceptors (Lipinski definition) is 4. The maximum Gasteiger partial charge on any atom is 0.215 e. The molecule has 0 fully saturated rings. The standard InChI is InChI=1S/C14H18N2O3S/c15-10-12-3-1-4-13(9-12)11-20(17,18)16-7-6-14-5-2-8-19-14/h1-5,8-9,16H,6-7,10-11,15H2. The van der Waals surface area contributed by atoms with Crippen LogP contribution in [-0.4, -0.2) is 15.0 Å². The molecular formula is C14H18N2O3S. The van der Waals surface area contributed by atoms with Gasteiger partial charge in [-0.05, 0) is 23.3 Å². The molecular weight excluding hydrogens is 276 g/mol. The molecule has 6 heteroatoms. The lowest BCUT2D eigenvalue weighted by atomic mass is 10.1. The van der Waals surface area contributed by atoms with E-state index in [2.05, 4.69) is 4.72 Å². The molecule has 0 spiro atoms. The lowest BCUT2D eigenvalue weighted by Gasteiger charge is -2.07. The van der Waals surface area contributed by atoms with Crippen LogP contribution in [0.4, 0.5) is 0 Å². The summed E-state index contributed by atoms with van der Waals surface area (Å²) in [6.07, 6.45) is 2.11. The summed E-state index contributed by atoms with van der Waals surface area (Å²) in [6, 6.07) is 10.9. The lowest BCUT2D eigenvalue weighted by Crippen LogP contribution is -2.27. The third kappa shape index (κ3) is 4.48. The summed E-state index contributed by atoms with van der Waals surface area (Å²) in [5.41, 5.74) is 7.20. The summed E-state index contributed by atoms with van der Waals surface area (Å²) in [5, 5.41) is 0. The Morgan fingerprint density at radius 1 is 1.15 bits per heavy atom. The predicted octanol–water partition coefficient (Wildman–Crippen LogP) is 1.40. The first-order valence-corrected chi connectivity index (χ1v) is 8.02. The fourth-order valence-corrected chi connectivity index (χ4v) is 3.03. The van der Waals surface area contributed by atoms with Crippen LogP contribution in [0.3, 0.4) is 0 Å². The van der Waals surface area contributed by atoms with Gasteiger partial charge in [-0.2, -0.15) is 0 Å². The number of nitrogens with one attached hydrogen (secondary N) is 1. The molecule has 0 amide bonds. The van der Waals surface area contributed by atoms with Crippen molar-refractivity contribution < 1.29 is 12.8 Å². The van der Waals surface area contributed by atoms with E-state index in [1.807, 2.05) is 24.3 Å². The van der Waals surface area contributed by atoms with Crippen molar-refractivity contribution in [3.05, 3.63) is 59.5 Å². The van der Waals surface area contributed by atoms with Gasteiger partial charge in [-0.1, -0.05) is 24.3 Å².